The Morgan fingerprint density at radius 2 is 1.31 bits per heavy atom. The summed E-state index contributed by atoms with van der Waals surface area (Å²) in [6, 6.07) is 0. The van der Waals surface area contributed by atoms with E-state index in [0.717, 1.165) is 5.57 Å². The maximum absolute atomic E-state index is 14.8. The number of hydrogen-bond acceptors (Lipinski definition) is 29. The number of ketones is 1. The number of hydrogen-bond donors (Lipinski definition) is 11. The maximum Gasteiger partial charge on any atom is 0.397 e. The van der Waals surface area contributed by atoms with Gasteiger partial charge in [-0.15, -0.1) is 0 Å². The Morgan fingerprint density at radius 3 is 1.96 bits per heavy atom. The first-order valence-corrected chi connectivity index (χ1v) is 32.9. The quantitative estimate of drug-likeness (QED) is 0.0392. The molecule has 0 aromatic rings. The van der Waals surface area contributed by atoms with Crippen molar-refractivity contribution in [2.75, 3.05) is 33.5 Å². The molecule has 2 unspecified atom stereocenters. The Labute approximate surface area is 527 Å². The number of carbonyl (C=O) groups excluding carboxylic acids is 3. The fourth-order valence-corrected chi connectivity index (χ4v) is 18.2. The van der Waals surface area contributed by atoms with E-state index in [-0.39, 0.29) is 30.0 Å². The molecule has 0 amide bonds. The minimum absolute atomic E-state index is 0.0103. The summed E-state index contributed by atoms with van der Waals surface area (Å²) in [5.74, 6) is -1.64. The number of fused-ring (bicyclic) bond motifs is 4. The first-order valence-electron chi connectivity index (χ1n) is 31.5. The lowest BCUT2D eigenvalue weighted by molar-refractivity contribution is -0.399. The summed E-state index contributed by atoms with van der Waals surface area (Å²) in [6.45, 7) is 14.2. The number of ether oxygens (including phenoxy) is 13. The number of allylic oxidation sites excluding steroid dienone is 2. The van der Waals surface area contributed by atoms with Gasteiger partial charge in [0.15, 0.2) is 31.5 Å². The van der Waals surface area contributed by atoms with Crippen LogP contribution in [0.25, 0.3) is 0 Å². The van der Waals surface area contributed by atoms with E-state index in [1.807, 2.05) is 27.7 Å². The Morgan fingerprint density at radius 1 is 0.692 bits per heavy atom. The van der Waals surface area contributed by atoms with Crippen molar-refractivity contribution in [1.82, 2.24) is 0 Å². The molecule has 6 saturated heterocycles. The van der Waals surface area contributed by atoms with Crippen LogP contribution in [0.15, 0.2) is 11.6 Å². The van der Waals surface area contributed by atoms with Gasteiger partial charge in [-0.1, -0.05) is 53.2 Å². The number of rotatable bonds is 19. The number of aliphatic hydroxyl groups is 10. The van der Waals surface area contributed by atoms with E-state index in [4.69, 9.17) is 65.8 Å². The predicted octanol–water partition coefficient (Wildman–Crippen LogP) is -1.66. The molecule has 4 aliphatic carbocycles. The van der Waals surface area contributed by atoms with Gasteiger partial charge in [0, 0.05) is 32.3 Å². The second-order valence-electron chi connectivity index (χ2n) is 28.5. The van der Waals surface area contributed by atoms with Gasteiger partial charge in [0.25, 0.3) is 0 Å². The zero-order valence-corrected chi connectivity index (χ0v) is 53.6. The fourth-order valence-electron chi connectivity index (χ4n) is 17.7. The smallest absolute Gasteiger partial charge is 0.397 e. The zero-order chi connectivity index (χ0) is 66.6. The predicted molar refractivity (Wildman–Crippen MR) is 303 cm³/mol. The summed E-state index contributed by atoms with van der Waals surface area (Å²) < 4.78 is 118. The number of Topliss-reactive ketones (excluding diaryl/α,β-unsaturated/α-hetero) is 1. The molecule has 0 bridgehead atoms. The molecule has 10 aliphatic rings. The number of methoxy groups -OCH3 is 1. The standard InChI is InChI=1S/C60H94O30S/c1-24(2)17-27(63)18-59(9)49-32(82-26(4)62)19-58(8)29-11-12-35-56(5,6)36(14-15-57(35,7)28(29)13-16-60(49,58)55(73)89-59)84-53-47(39(68)34(23-80-53)90-91(74,75)76)88-54-48(87-50-40(69)37(66)30(64)21-78-50)41(70)44(25(3)81-54)85-51-42(71)45(31(65)22-79-51)86-52-43(72)46(77-10)38(67)33(20-61)83-52/h11,24-25,28,30-54,61,64-72H,12-23H2,1-10H3,(H,74,75,76)/t25-,28?,30-,31-,32+,33-,34-,35?,36+,37+,38-,39+,40-,41+,42-,43-,44-,45+,46+,47-,48-,49-,50+,51+,52+,53+,54+,57-,58+,59+,60-/m1/s1. The molecule has 520 valence electrons. The van der Waals surface area contributed by atoms with Crippen molar-refractivity contribution in [3.8, 4) is 0 Å². The third kappa shape index (κ3) is 12.9. The molecule has 31 heteroatoms. The Hall–Kier alpha value is -2.62. The third-order valence-corrected chi connectivity index (χ3v) is 22.4. The minimum atomic E-state index is -5.27. The second kappa shape index (κ2) is 26.7. The lowest BCUT2D eigenvalue weighted by Crippen LogP contribution is -2.67. The number of esters is 2. The van der Waals surface area contributed by atoms with Gasteiger partial charge in [-0.25, -0.2) is 4.18 Å². The lowest BCUT2D eigenvalue weighted by Gasteiger charge is -2.64. The monoisotopic (exact) mass is 1330 g/mol. The minimum Gasteiger partial charge on any atom is -0.462 e. The highest BCUT2D eigenvalue weighted by atomic mass is 32.3. The highest BCUT2D eigenvalue weighted by Gasteiger charge is 2.80. The molecular formula is C60H94O30S. The van der Waals surface area contributed by atoms with Crippen LogP contribution in [0.3, 0.4) is 0 Å². The van der Waals surface area contributed by atoms with E-state index < -0.39 is 229 Å². The Balaban J connectivity index is 0.907. The van der Waals surface area contributed by atoms with Crippen molar-refractivity contribution in [2.24, 2.45) is 45.3 Å². The Kier molecular flexibility index (Phi) is 20.8. The van der Waals surface area contributed by atoms with Crippen LogP contribution < -0.4 is 0 Å². The zero-order valence-electron chi connectivity index (χ0n) is 52.8. The lowest BCUT2D eigenvalue weighted by atomic mass is 9.41. The molecule has 9 fully saturated rings. The van der Waals surface area contributed by atoms with Gasteiger partial charge in [-0.2, -0.15) is 8.42 Å². The summed E-state index contributed by atoms with van der Waals surface area (Å²) in [6.07, 6.45) is -34.0. The van der Waals surface area contributed by atoms with Crippen LogP contribution in [0.4, 0.5) is 0 Å². The van der Waals surface area contributed by atoms with Gasteiger partial charge in [0.1, 0.15) is 115 Å². The molecule has 3 saturated carbocycles. The average molecular weight is 1330 g/mol. The summed E-state index contributed by atoms with van der Waals surface area (Å²) in [7, 11) is -4.09. The highest BCUT2D eigenvalue weighted by molar-refractivity contribution is 7.80. The van der Waals surface area contributed by atoms with E-state index >= 15 is 0 Å². The van der Waals surface area contributed by atoms with Crippen LogP contribution >= 0.6 is 0 Å². The van der Waals surface area contributed by atoms with Gasteiger partial charge in [-0.3, -0.25) is 18.9 Å². The van der Waals surface area contributed by atoms with Crippen molar-refractivity contribution in [3.05, 3.63) is 11.6 Å². The Bertz CT molecular complexity index is 2760. The molecule has 6 heterocycles. The molecule has 6 aliphatic heterocycles. The molecule has 91 heavy (non-hydrogen) atoms. The molecule has 0 aromatic carbocycles. The van der Waals surface area contributed by atoms with Crippen molar-refractivity contribution < 1.29 is 144 Å². The summed E-state index contributed by atoms with van der Waals surface area (Å²) in [5.41, 5.74) is -3.21. The highest BCUT2D eigenvalue weighted by Crippen LogP contribution is 2.77. The van der Waals surface area contributed by atoms with Crippen LogP contribution in [-0.4, -0.2) is 268 Å². The molecule has 0 radical (unpaired) electrons. The first-order chi connectivity index (χ1) is 42.5. The van der Waals surface area contributed by atoms with E-state index in [9.17, 15) is 78.4 Å². The third-order valence-electron chi connectivity index (χ3n) is 21.9. The molecular weight excluding hydrogens is 1230 g/mol. The second-order valence-corrected chi connectivity index (χ2v) is 29.5. The van der Waals surface area contributed by atoms with Gasteiger partial charge < -0.3 is 113 Å². The van der Waals surface area contributed by atoms with Crippen molar-refractivity contribution in [2.45, 2.75) is 267 Å². The molecule has 11 N–H and O–H groups in total. The molecule has 10 rings (SSSR count). The van der Waals surface area contributed by atoms with Crippen LogP contribution in [-0.2, 0) is 90.5 Å². The van der Waals surface area contributed by atoms with E-state index in [0.29, 0.717) is 44.9 Å². The normalized spacial score (nSPS) is 49.8. The number of cyclic esters (lactones) is 1. The van der Waals surface area contributed by atoms with Gasteiger partial charge in [0.2, 0.25) is 0 Å². The molecule has 0 aromatic heterocycles. The largest absolute Gasteiger partial charge is 0.462 e. The average Bonchev–Trinajstić information content (AvgIpc) is 1.52. The van der Waals surface area contributed by atoms with Gasteiger partial charge >= 0.3 is 22.3 Å². The number of aliphatic hydroxyl groups excluding tert-OH is 10. The maximum atomic E-state index is 14.8. The van der Waals surface area contributed by atoms with E-state index in [1.54, 1.807) is 6.92 Å². The SMILES string of the molecule is CO[C@@H]1[C@@H](O)[C@H](O[C@@H]2[C@@H](O)[C@H](O[C@H]3[C@H](O)[C@@H](O[C@@H]4OC[C@@H](O)[C@H](O)[C@H]4O)[C@H](O[C@H]4[C@H](O[C@H]5CC[C@]6(C)C7CC[C@]89C(=O)O[C@@](C)(CC(=O)CC(C)C)[C@H]8[C@@H](OC(C)=O)C[C@@]9(C)C7=CCC6C5(C)C)OC[C@@H](OS(=O)(=O)O)[C@@H]4O)O[C@@H]3C)OC[C@H]2O)O[C@H](CO)[C@H]1O. The van der Waals surface area contributed by atoms with Crippen molar-refractivity contribution in [1.29, 1.82) is 0 Å². The van der Waals surface area contributed by atoms with Crippen LogP contribution in [0.5, 0.6) is 0 Å². The molecule has 1 spiro atoms. The van der Waals surface area contributed by atoms with Crippen LogP contribution in [0, 0.1) is 45.3 Å². The summed E-state index contributed by atoms with van der Waals surface area (Å²) >= 11 is 0. The first kappa shape index (κ1) is 71.2. The van der Waals surface area contributed by atoms with Crippen molar-refractivity contribution in [3.63, 3.8) is 0 Å². The summed E-state index contributed by atoms with van der Waals surface area (Å²) in [4.78, 5) is 41.2. The van der Waals surface area contributed by atoms with Gasteiger partial charge in [0.05, 0.1) is 50.0 Å². The number of carbonyl (C=O) groups is 3. The van der Waals surface area contributed by atoms with Crippen LogP contribution in [0.2, 0.25) is 0 Å². The fraction of sp³-hybridized carbons (Fsp3) is 0.917. The molecule has 30 nitrogen and oxygen atoms in total. The van der Waals surface area contributed by atoms with Gasteiger partial charge in [-0.05, 0) is 81.0 Å². The van der Waals surface area contributed by atoms with E-state index in [1.165, 1.54) is 21.0 Å². The van der Waals surface area contributed by atoms with Crippen LogP contribution in [0.1, 0.15) is 114 Å². The summed E-state index contributed by atoms with van der Waals surface area (Å²) in [5, 5.41) is 111. The van der Waals surface area contributed by atoms with E-state index in [2.05, 4.69) is 19.9 Å². The molecule has 31 atom stereocenters. The van der Waals surface area contributed by atoms with Crippen molar-refractivity contribution >= 4 is 28.1 Å². The topological polar surface area (TPSA) is 437 Å².